The Morgan fingerprint density at radius 3 is 2.78 bits per heavy atom. The molecule has 3 atom stereocenters. The molecule has 2 aliphatic heterocycles. The smallest absolute Gasteiger partial charge is 0.161 e. The number of nitrogens with zero attached hydrogens (tertiary/aromatic N) is 1. The Morgan fingerprint density at radius 2 is 2.00 bits per heavy atom. The van der Waals surface area contributed by atoms with Gasteiger partial charge in [0.05, 0.1) is 12.7 Å². The zero-order valence-corrected chi connectivity index (χ0v) is 11.2. The molecule has 0 aromatic heterocycles. The maximum Gasteiger partial charge on any atom is 0.161 e. The highest BCUT2D eigenvalue weighted by atomic mass is 16.7. The second-order valence-corrected chi connectivity index (χ2v) is 5.87. The Kier molecular flexibility index (Phi) is 4.34. The number of ether oxygens (including phenoxy) is 2. The van der Waals surface area contributed by atoms with Gasteiger partial charge in [-0.2, -0.15) is 0 Å². The van der Waals surface area contributed by atoms with Crippen LogP contribution in [0.3, 0.4) is 0 Å². The van der Waals surface area contributed by atoms with Crippen molar-refractivity contribution in [3.05, 3.63) is 12.2 Å². The molecule has 3 heteroatoms. The van der Waals surface area contributed by atoms with Crippen LogP contribution < -0.4 is 0 Å². The molecule has 1 aliphatic carbocycles. The maximum atomic E-state index is 6.11. The predicted octanol–water partition coefficient (Wildman–Crippen LogP) is 2.57. The Morgan fingerprint density at radius 1 is 1.11 bits per heavy atom. The van der Waals surface area contributed by atoms with E-state index in [2.05, 4.69) is 17.1 Å². The van der Waals surface area contributed by atoms with Crippen LogP contribution >= 0.6 is 0 Å². The van der Waals surface area contributed by atoms with E-state index >= 15 is 0 Å². The van der Waals surface area contributed by atoms with Gasteiger partial charge in [-0.3, -0.25) is 0 Å². The lowest BCUT2D eigenvalue weighted by atomic mass is 9.94. The molecular weight excluding hydrogens is 226 g/mol. The van der Waals surface area contributed by atoms with Crippen molar-refractivity contribution in [3.63, 3.8) is 0 Å². The number of piperidine rings is 1. The van der Waals surface area contributed by atoms with Crippen LogP contribution in [0.5, 0.6) is 0 Å². The molecule has 2 saturated heterocycles. The summed E-state index contributed by atoms with van der Waals surface area (Å²) in [5.41, 5.74) is 0. The van der Waals surface area contributed by atoms with Gasteiger partial charge in [0, 0.05) is 12.5 Å². The molecule has 18 heavy (non-hydrogen) atoms. The van der Waals surface area contributed by atoms with E-state index < -0.39 is 0 Å². The Labute approximate surface area is 110 Å². The summed E-state index contributed by atoms with van der Waals surface area (Å²) in [5, 5.41) is 0. The van der Waals surface area contributed by atoms with E-state index in [0.29, 0.717) is 12.0 Å². The summed E-state index contributed by atoms with van der Waals surface area (Å²) in [5.74, 6) is 0.585. The number of hydrogen-bond acceptors (Lipinski definition) is 3. The van der Waals surface area contributed by atoms with Gasteiger partial charge in [0.1, 0.15) is 0 Å². The van der Waals surface area contributed by atoms with E-state index in [1.807, 2.05) is 0 Å². The summed E-state index contributed by atoms with van der Waals surface area (Å²) in [4.78, 5) is 2.54. The van der Waals surface area contributed by atoms with Gasteiger partial charge in [0.25, 0.3) is 0 Å². The third kappa shape index (κ3) is 3.14. The number of likely N-dealkylation sites (tertiary alicyclic amines) is 1. The second-order valence-electron chi connectivity index (χ2n) is 5.87. The standard InChI is InChI=1S/C15H25NO2/c1-3-7-13(8-4-1)15-17-12-14(18-15)11-16-9-5-2-6-10-16/h1,3,13-15H,2,4-12H2/t13-,14+,15-/m0/s1. The molecule has 2 heterocycles. The van der Waals surface area contributed by atoms with Crippen molar-refractivity contribution in [1.29, 1.82) is 0 Å². The van der Waals surface area contributed by atoms with Gasteiger partial charge in [0.15, 0.2) is 6.29 Å². The molecule has 0 bridgehead atoms. The molecule has 0 spiro atoms. The molecule has 0 amide bonds. The van der Waals surface area contributed by atoms with E-state index in [4.69, 9.17) is 9.47 Å². The monoisotopic (exact) mass is 251 g/mol. The fraction of sp³-hybridized carbons (Fsp3) is 0.867. The van der Waals surface area contributed by atoms with Crippen molar-refractivity contribution in [2.45, 2.75) is 50.9 Å². The zero-order valence-electron chi connectivity index (χ0n) is 11.2. The first-order chi connectivity index (χ1) is 8.92. The number of hydrogen-bond donors (Lipinski definition) is 0. The molecule has 0 saturated carbocycles. The van der Waals surface area contributed by atoms with E-state index in [1.165, 1.54) is 45.2 Å². The van der Waals surface area contributed by atoms with Crippen LogP contribution in [0, 0.1) is 5.92 Å². The van der Waals surface area contributed by atoms with E-state index in [1.54, 1.807) is 0 Å². The zero-order chi connectivity index (χ0) is 12.2. The molecule has 0 N–H and O–H groups in total. The number of rotatable bonds is 3. The first-order valence-corrected chi connectivity index (χ1v) is 7.56. The van der Waals surface area contributed by atoms with Crippen molar-refractivity contribution in [1.82, 2.24) is 4.90 Å². The van der Waals surface area contributed by atoms with Crippen molar-refractivity contribution in [2.75, 3.05) is 26.2 Å². The largest absolute Gasteiger partial charge is 0.350 e. The Bertz CT molecular complexity index is 286. The van der Waals surface area contributed by atoms with Gasteiger partial charge in [-0.25, -0.2) is 0 Å². The van der Waals surface area contributed by atoms with E-state index in [-0.39, 0.29) is 6.29 Å². The highest BCUT2D eigenvalue weighted by molar-refractivity contribution is 4.92. The van der Waals surface area contributed by atoms with Crippen LogP contribution in [0.15, 0.2) is 12.2 Å². The van der Waals surface area contributed by atoms with Crippen molar-refractivity contribution < 1.29 is 9.47 Å². The summed E-state index contributed by atoms with van der Waals surface area (Å²) in [7, 11) is 0. The van der Waals surface area contributed by atoms with Gasteiger partial charge >= 0.3 is 0 Å². The van der Waals surface area contributed by atoms with Crippen LogP contribution in [0.1, 0.15) is 38.5 Å². The Balaban J connectivity index is 1.44. The predicted molar refractivity (Wildman–Crippen MR) is 71.4 cm³/mol. The molecule has 0 aromatic carbocycles. The second kappa shape index (κ2) is 6.18. The lowest BCUT2D eigenvalue weighted by Crippen LogP contribution is -2.37. The van der Waals surface area contributed by atoms with Crippen LogP contribution in [-0.4, -0.2) is 43.5 Å². The number of allylic oxidation sites excluding steroid dienone is 2. The minimum atomic E-state index is 0.0599. The summed E-state index contributed by atoms with van der Waals surface area (Å²) in [6.45, 7) is 4.35. The van der Waals surface area contributed by atoms with Gasteiger partial charge < -0.3 is 14.4 Å². The van der Waals surface area contributed by atoms with Crippen molar-refractivity contribution >= 4 is 0 Å². The lowest BCUT2D eigenvalue weighted by molar-refractivity contribution is -0.101. The summed E-state index contributed by atoms with van der Waals surface area (Å²) < 4.78 is 12.0. The minimum Gasteiger partial charge on any atom is -0.350 e. The first-order valence-electron chi connectivity index (χ1n) is 7.56. The molecule has 3 nitrogen and oxygen atoms in total. The first kappa shape index (κ1) is 12.6. The molecule has 3 rings (SSSR count). The molecule has 0 radical (unpaired) electrons. The topological polar surface area (TPSA) is 21.7 Å². The fourth-order valence-corrected chi connectivity index (χ4v) is 3.31. The molecule has 2 fully saturated rings. The average molecular weight is 251 g/mol. The molecule has 0 unspecified atom stereocenters. The van der Waals surface area contributed by atoms with Gasteiger partial charge in [-0.05, 0) is 45.2 Å². The van der Waals surface area contributed by atoms with Crippen LogP contribution in [0.25, 0.3) is 0 Å². The Hall–Kier alpha value is -0.380. The van der Waals surface area contributed by atoms with Crippen LogP contribution in [0.2, 0.25) is 0 Å². The summed E-state index contributed by atoms with van der Waals surface area (Å²) in [6.07, 6.45) is 12.5. The lowest BCUT2D eigenvalue weighted by Gasteiger charge is -2.29. The third-order valence-corrected chi connectivity index (χ3v) is 4.38. The molecule has 102 valence electrons. The van der Waals surface area contributed by atoms with Crippen LogP contribution in [0.4, 0.5) is 0 Å². The fourth-order valence-electron chi connectivity index (χ4n) is 3.31. The normalized spacial score (nSPS) is 38.1. The highest BCUT2D eigenvalue weighted by Gasteiger charge is 2.33. The summed E-state index contributed by atoms with van der Waals surface area (Å²) in [6, 6.07) is 0. The van der Waals surface area contributed by atoms with Crippen molar-refractivity contribution in [2.24, 2.45) is 5.92 Å². The van der Waals surface area contributed by atoms with Gasteiger partial charge in [-0.15, -0.1) is 0 Å². The third-order valence-electron chi connectivity index (χ3n) is 4.38. The maximum absolute atomic E-state index is 6.11. The van der Waals surface area contributed by atoms with Crippen molar-refractivity contribution in [3.8, 4) is 0 Å². The van der Waals surface area contributed by atoms with E-state index in [9.17, 15) is 0 Å². The SMILES string of the molecule is C1=CC[C@H]([C@H]2OC[C@@H](CN3CCCCC3)O2)CC1. The van der Waals surface area contributed by atoms with E-state index in [0.717, 1.165) is 19.6 Å². The highest BCUT2D eigenvalue weighted by Crippen LogP contribution is 2.29. The molecule has 3 aliphatic rings. The quantitative estimate of drug-likeness (QED) is 0.720. The van der Waals surface area contributed by atoms with Gasteiger partial charge in [0.2, 0.25) is 0 Å². The van der Waals surface area contributed by atoms with Crippen LogP contribution in [-0.2, 0) is 9.47 Å². The molecular formula is C15H25NO2. The average Bonchev–Trinajstić information content (AvgIpc) is 2.89. The minimum absolute atomic E-state index is 0.0599. The summed E-state index contributed by atoms with van der Waals surface area (Å²) >= 11 is 0. The van der Waals surface area contributed by atoms with Gasteiger partial charge in [-0.1, -0.05) is 18.6 Å². The molecule has 0 aromatic rings.